The van der Waals surface area contributed by atoms with Crippen LogP contribution in [0.4, 0.5) is 0 Å². The van der Waals surface area contributed by atoms with E-state index >= 15 is 0 Å². The first-order chi connectivity index (χ1) is 9.99. The highest BCUT2D eigenvalue weighted by Gasteiger charge is 2.12. The maximum absolute atomic E-state index is 4.60. The minimum absolute atomic E-state index is 0.884. The van der Waals surface area contributed by atoms with Crippen LogP contribution in [0.3, 0.4) is 0 Å². The summed E-state index contributed by atoms with van der Waals surface area (Å²) in [6.45, 7) is 19.1. The third-order valence-corrected chi connectivity index (χ3v) is 4.11. The van der Waals surface area contributed by atoms with Crippen molar-refractivity contribution < 1.29 is 0 Å². The van der Waals surface area contributed by atoms with Gasteiger partial charge >= 0.3 is 0 Å². The first kappa shape index (κ1) is 25.3. The molecule has 2 unspecified atom stereocenters. The zero-order valence-electron chi connectivity index (χ0n) is 15.9. The number of hydrogen-bond acceptors (Lipinski definition) is 0. The lowest BCUT2D eigenvalue weighted by molar-refractivity contribution is 0.339. The molecule has 0 spiro atoms. The van der Waals surface area contributed by atoms with Gasteiger partial charge in [0.2, 0.25) is 0 Å². The highest BCUT2D eigenvalue weighted by molar-refractivity contribution is 4.73. The molecule has 0 nitrogen and oxygen atoms in total. The van der Waals surface area contributed by atoms with Crippen LogP contribution in [0.1, 0.15) is 92.9 Å². The molecule has 1 rings (SSSR count). The molecule has 0 aromatic heterocycles. The van der Waals surface area contributed by atoms with Crippen molar-refractivity contribution in [2.45, 2.75) is 92.9 Å². The van der Waals surface area contributed by atoms with Crippen molar-refractivity contribution in [3.05, 3.63) is 13.2 Å². The van der Waals surface area contributed by atoms with E-state index < -0.39 is 0 Å². The highest BCUT2D eigenvalue weighted by Crippen LogP contribution is 2.25. The Morgan fingerprint density at radius 3 is 1.43 bits per heavy atom. The Hall–Kier alpha value is -0.700. The molecule has 0 heteroatoms. The van der Waals surface area contributed by atoms with E-state index in [1.807, 2.05) is 0 Å². The second-order valence-corrected chi connectivity index (χ2v) is 6.39. The van der Waals surface area contributed by atoms with Gasteiger partial charge in [0, 0.05) is 0 Å². The molecular weight excluding hydrogens is 252 g/mol. The molecule has 0 radical (unpaired) electrons. The van der Waals surface area contributed by atoms with E-state index in [0.717, 1.165) is 17.8 Å². The smallest absolute Gasteiger partial charge is 0.00297 e. The maximum atomic E-state index is 4.60. The average Bonchev–Trinajstić information content (AvgIpc) is 2.57. The predicted molar refractivity (Wildman–Crippen MR) is 102 cm³/mol. The fourth-order valence-electron chi connectivity index (χ4n) is 2.03. The Bertz CT molecular complexity index is 197. The molecule has 0 saturated heterocycles. The van der Waals surface area contributed by atoms with E-state index in [0.29, 0.717) is 0 Å². The Morgan fingerprint density at radius 2 is 1.19 bits per heavy atom. The van der Waals surface area contributed by atoms with Crippen LogP contribution in [0, 0.1) is 30.1 Å². The summed E-state index contributed by atoms with van der Waals surface area (Å²) >= 11 is 0. The van der Waals surface area contributed by atoms with Crippen LogP contribution >= 0.6 is 0 Å². The molecule has 0 aromatic rings. The first-order valence-corrected chi connectivity index (χ1v) is 8.86. The highest BCUT2D eigenvalue weighted by atomic mass is 14.2. The van der Waals surface area contributed by atoms with Crippen molar-refractivity contribution in [2.24, 2.45) is 17.8 Å². The zero-order valence-corrected chi connectivity index (χ0v) is 15.9. The number of rotatable bonds is 1. The monoisotopic (exact) mass is 294 g/mol. The molecule has 0 aromatic carbocycles. The van der Waals surface area contributed by atoms with Crippen LogP contribution in [0.2, 0.25) is 0 Å². The van der Waals surface area contributed by atoms with E-state index in [4.69, 9.17) is 0 Å². The second-order valence-electron chi connectivity index (χ2n) is 6.39. The van der Waals surface area contributed by atoms with Gasteiger partial charge in [0.25, 0.3) is 0 Å². The van der Waals surface area contributed by atoms with E-state index in [9.17, 15) is 0 Å². The molecule has 1 saturated carbocycles. The second kappa shape index (κ2) is 21.6. The van der Waals surface area contributed by atoms with Crippen molar-refractivity contribution in [1.29, 1.82) is 0 Å². The Balaban J connectivity index is -0.000000272. The third-order valence-electron chi connectivity index (χ3n) is 4.11. The quantitative estimate of drug-likeness (QED) is 0.347. The van der Waals surface area contributed by atoms with Crippen molar-refractivity contribution in [3.63, 3.8) is 0 Å². The minimum atomic E-state index is 0.884. The molecule has 1 aliphatic carbocycles. The zero-order chi connectivity index (χ0) is 17.1. The fourth-order valence-corrected chi connectivity index (χ4v) is 2.03. The summed E-state index contributed by atoms with van der Waals surface area (Å²) in [5, 5.41) is 0. The van der Waals surface area contributed by atoms with E-state index in [1.54, 1.807) is 6.92 Å². The summed E-state index contributed by atoms with van der Waals surface area (Å²) in [4.78, 5) is 0. The number of terminal acetylenes is 1. The van der Waals surface area contributed by atoms with Gasteiger partial charge < -0.3 is 0 Å². The summed E-state index contributed by atoms with van der Waals surface area (Å²) in [5.41, 5.74) is 0. The van der Waals surface area contributed by atoms with Crippen molar-refractivity contribution in [3.8, 4) is 12.3 Å². The largest absolute Gasteiger partial charge is 0.120 e. The van der Waals surface area contributed by atoms with Gasteiger partial charge in [0.05, 0.1) is 0 Å². The molecule has 1 fully saturated rings. The van der Waals surface area contributed by atoms with Crippen LogP contribution < -0.4 is 0 Å². The molecule has 1 aliphatic rings. The Labute approximate surface area is 136 Å². The molecule has 21 heavy (non-hydrogen) atoms. The molecule has 0 N–H and O–H groups in total. The SMILES string of the molecule is C#CC.C=C.CC1CCCCCCCC1C.CCC(C)C. The molecule has 2 atom stereocenters. The summed E-state index contributed by atoms with van der Waals surface area (Å²) in [7, 11) is 0. The van der Waals surface area contributed by atoms with Crippen LogP contribution in [0.25, 0.3) is 0 Å². The van der Waals surface area contributed by atoms with Crippen LogP contribution in [0.5, 0.6) is 0 Å². The van der Waals surface area contributed by atoms with E-state index in [2.05, 4.69) is 60.1 Å². The van der Waals surface area contributed by atoms with Gasteiger partial charge in [-0.15, -0.1) is 25.5 Å². The number of hydrogen-bond donors (Lipinski definition) is 0. The van der Waals surface area contributed by atoms with Gasteiger partial charge in [-0.2, -0.15) is 0 Å². The summed E-state index contributed by atoms with van der Waals surface area (Å²) < 4.78 is 0. The van der Waals surface area contributed by atoms with E-state index in [-0.39, 0.29) is 0 Å². The summed E-state index contributed by atoms with van der Waals surface area (Å²) in [6, 6.07) is 0. The van der Waals surface area contributed by atoms with Gasteiger partial charge in [0.15, 0.2) is 0 Å². The topological polar surface area (TPSA) is 0 Å². The predicted octanol–water partition coefficient (Wildman–Crippen LogP) is 7.50. The normalized spacial score (nSPS) is 21.4. The molecule has 126 valence electrons. The van der Waals surface area contributed by atoms with Gasteiger partial charge in [-0.25, -0.2) is 0 Å². The first-order valence-electron chi connectivity index (χ1n) is 8.86. The van der Waals surface area contributed by atoms with Gasteiger partial charge in [0.1, 0.15) is 0 Å². The van der Waals surface area contributed by atoms with Crippen LogP contribution in [0.15, 0.2) is 13.2 Å². The van der Waals surface area contributed by atoms with Crippen LogP contribution in [-0.4, -0.2) is 0 Å². The molecule has 0 aliphatic heterocycles. The van der Waals surface area contributed by atoms with E-state index in [1.165, 1.54) is 51.4 Å². The average molecular weight is 295 g/mol. The lowest BCUT2D eigenvalue weighted by Crippen LogP contribution is -2.06. The standard InChI is InChI=1S/C11H22.C5H12.C3H4.C2H4/c1-10-8-6-4-3-5-7-9-11(10)2;1-4-5(2)3;1-3-2;1-2/h10-11H,3-9H2,1-2H3;5H,4H2,1-3H3;1H,2H3;1-2H2. The Morgan fingerprint density at radius 1 is 0.952 bits per heavy atom. The molecular formula is C21H42. The van der Waals surface area contributed by atoms with Crippen molar-refractivity contribution >= 4 is 0 Å². The lowest BCUT2D eigenvalue weighted by atomic mass is 9.89. The Kier molecular flexibility index (Phi) is 26.0. The van der Waals surface area contributed by atoms with Crippen LogP contribution in [-0.2, 0) is 0 Å². The van der Waals surface area contributed by atoms with Crippen molar-refractivity contribution in [2.75, 3.05) is 0 Å². The van der Waals surface area contributed by atoms with Gasteiger partial charge in [-0.3, -0.25) is 0 Å². The fraction of sp³-hybridized carbons (Fsp3) is 0.810. The third kappa shape index (κ3) is 24.7. The lowest BCUT2D eigenvalue weighted by Gasteiger charge is -2.17. The summed E-state index contributed by atoms with van der Waals surface area (Å²) in [6.07, 6.45) is 16.3. The van der Waals surface area contributed by atoms with Gasteiger partial charge in [-0.1, -0.05) is 86.0 Å². The molecule has 0 amide bonds. The molecule has 0 heterocycles. The van der Waals surface area contributed by atoms with Crippen molar-refractivity contribution in [1.82, 2.24) is 0 Å². The minimum Gasteiger partial charge on any atom is -0.120 e. The summed E-state index contributed by atoms with van der Waals surface area (Å²) in [5.74, 6) is 5.09. The van der Waals surface area contributed by atoms with Gasteiger partial charge in [-0.05, 0) is 24.7 Å². The maximum Gasteiger partial charge on any atom is -0.00297 e. The molecule has 0 bridgehead atoms.